The Morgan fingerprint density at radius 1 is 1.21 bits per heavy atom. The first-order chi connectivity index (χ1) is 11.6. The molecule has 8 heteroatoms. The molecule has 0 fully saturated rings. The molecule has 0 aliphatic carbocycles. The van der Waals surface area contributed by atoms with E-state index in [2.05, 4.69) is 31.4 Å². The van der Waals surface area contributed by atoms with Crippen LogP contribution < -0.4 is 5.32 Å². The van der Waals surface area contributed by atoms with Crippen LogP contribution in [0, 0.1) is 0 Å². The zero-order valence-electron chi connectivity index (χ0n) is 12.2. The number of anilines is 1. The number of carbonyl (C=O) groups is 1. The Balaban J connectivity index is 1.59. The molecule has 0 aliphatic rings. The summed E-state index contributed by atoms with van der Waals surface area (Å²) in [5.41, 5.74) is 1.38. The summed E-state index contributed by atoms with van der Waals surface area (Å²) in [5.74, 6) is 0.353. The lowest BCUT2D eigenvalue weighted by atomic mass is 10.2. The smallest absolute Gasteiger partial charge is 0.277 e. The van der Waals surface area contributed by atoms with Crippen molar-refractivity contribution in [1.29, 1.82) is 0 Å². The van der Waals surface area contributed by atoms with Crippen LogP contribution in [0.15, 0.2) is 62.6 Å². The van der Waals surface area contributed by atoms with Crippen LogP contribution in [-0.2, 0) is 4.79 Å². The predicted molar refractivity (Wildman–Crippen MR) is 98.2 cm³/mol. The van der Waals surface area contributed by atoms with Crippen molar-refractivity contribution in [3.63, 3.8) is 0 Å². The number of rotatable bonds is 5. The molecule has 1 heterocycles. The number of para-hydroxylation sites is 1. The zero-order chi connectivity index (χ0) is 16.9. The standard InChI is InChI=1S/C16H11BrClN3O2S/c17-11-5-3-4-10(8-11)15-20-21-16(23-15)24-9-14(22)19-13-7-2-1-6-12(13)18/h1-8H,9H2,(H,19,22). The van der Waals surface area contributed by atoms with E-state index in [0.717, 1.165) is 10.0 Å². The number of hydrogen-bond acceptors (Lipinski definition) is 5. The van der Waals surface area contributed by atoms with Gasteiger partial charge in [-0.1, -0.05) is 57.5 Å². The predicted octanol–water partition coefficient (Wildman–Crippen LogP) is 4.88. The molecule has 0 aliphatic heterocycles. The molecule has 1 amide bonds. The summed E-state index contributed by atoms with van der Waals surface area (Å²) >= 11 is 10.6. The SMILES string of the molecule is O=C(CSc1nnc(-c2cccc(Br)c2)o1)Nc1ccccc1Cl. The molecule has 0 atom stereocenters. The molecule has 0 saturated heterocycles. The number of carbonyl (C=O) groups excluding carboxylic acids is 1. The first-order valence-corrected chi connectivity index (χ1v) is 9.04. The van der Waals surface area contributed by atoms with Crippen molar-refractivity contribution in [3.8, 4) is 11.5 Å². The molecule has 122 valence electrons. The number of halogens is 2. The lowest BCUT2D eigenvalue weighted by Crippen LogP contribution is -2.14. The van der Waals surface area contributed by atoms with Gasteiger partial charge in [0.25, 0.3) is 5.22 Å². The topological polar surface area (TPSA) is 68.0 Å². The van der Waals surface area contributed by atoms with Crippen molar-refractivity contribution in [2.24, 2.45) is 0 Å². The Hall–Kier alpha value is -1.83. The molecule has 0 radical (unpaired) electrons. The van der Waals surface area contributed by atoms with Crippen LogP contribution in [0.4, 0.5) is 5.69 Å². The van der Waals surface area contributed by atoms with Crippen molar-refractivity contribution >= 4 is 50.9 Å². The summed E-state index contributed by atoms with van der Waals surface area (Å²) in [6.07, 6.45) is 0. The minimum absolute atomic E-state index is 0.144. The molecule has 0 bridgehead atoms. The minimum atomic E-state index is -0.199. The second kappa shape index (κ2) is 7.83. The van der Waals surface area contributed by atoms with Gasteiger partial charge in [0.1, 0.15) is 0 Å². The third-order valence-electron chi connectivity index (χ3n) is 2.95. The Morgan fingerprint density at radius 3 is 2.83 bits per heavy atom. The maximum atomic E-state index is 12.0. The van der Waals surface area contributed by atoms with E-state index in [0.29, 0.717) is 21.8 Å². The summed E-state index contributed by atoms with van der Waals surface area (Å²) in [5, 5.41) is 11.5. The van der Waals surface area contributed by atoms with E-state index in [9.17, 15) is 4.79 Å². The molecule has 1 aromatic heterocycles. The summed E-state index contributed by atoms with van der Waals surface area (Å²) in [6.45, 7) is 0. The van der Waals surface area contributed by atoms with Crippen molar-refractivity contribution in [1.82, 2.24) is 10.2 Å². The van der Waals surface area contributed by atoms with Gasteiger partial charge in [0, 0.05) is 10.0 Å². The maximum Gasteiger partial charge on any atom is 0.277 e. The average molecular weight is 425 g/mol. The number of hydrogen-bond donors (Lipinski definition) is 1. The van der Waals surface area contributed by atoms with Crippen molar-refractivity contribution in [2.75, 3.05) is 11.1 Å². The van der Waals surface area contributed by atoms with E-state index in [-0.39, 0.29) is 11.7 Å². The van der Waals surface area contributed by atoms with E-state index >= 15 is 0 Å². The van der Waals surface area contributed by atoms with Crippen molar-refractivity contribution in [3.05, 3.63) is 58.0 Å². The van der Waals surface area contributed by atoms with E-state index < -0.39 is 0 Å². The largest absolute Gasteiger partial charge is 0.411 e. The van der Waals surface area contributed by atoms with Crippen LogP contribution in [0.25, 0.3) is 11.5 Å². The summed E-state index contributed by atoms with van der Waals surface area (Å²) < 4.78 is 6.49. The van der Waals surface area contributed by atoms with Crippen LogP contribution in [-0.4, -0.2) is 21.9 Å². The highest BCUT2D eigenvalue weighted by molar-refractivity contribution is 9.10. The van der Waals surface area contributed by atoms with Gasteiger partial charge in [-0.3, -0.25) is 4.79 Å². The van der Waals surface area contributed by atoms with E-state index in [1.807, 2.05) is 24.3 Å². The monoisotopic (exact) mass is 423 g/mol. The summed E-state index contributed by atoms with van der Waals surface area (Å²) in [6, 6.07) is 14.6. The van der Waals surface area contributed by atoms with Gasteiger partial charge >= 0.3 is 0 Å². The van der Waals surface area contributed by atoms with Crippen LogP contribution in [0.1, 0.15) is 0 Å². The van der Waals surface area contributed by atoms with Crippen LogP contribution in [0.5, 0.6) is 0 Å². The third-order valence-corrected chi connectivity index (χ3v) is 4.59. The highest BCUT2D eigenvalue weighted by atomic mass is 79.9. The van der Waals surface area contributed by atoms with Gasteiger partial charge in [0.2, 0.25) is 11.8 Å². The van der Waals surface area contributed by atoms with Gasteiger partial charge in [-0.15, -0.1) is 10.2 Å². The molecular weight excluding hydrogens is 414 g/mol. The van der Waals surface area contributed by atoms with Gasteiger partial charge in [-0.2, -0.15) is 0 Å². The van der Waals surface area contributed by atoms with Gasteiger partial charge in [-0.25, -0.2) is 0 Å². The Morgan fingerprint density at radius 2 is 2.04 bits per heavy atom. The molecule has 3 rings (SSSR count). The quantitative estimate of drug-likeness (QED) is 0.591. The number of thioether (sulfide) groups is 1. The molecule has 0 unspecified atom stereocenters. The molecule has 0 saturated carbocycles. The number of benzene rings is 2. The Bertz CT molecular complexity index is 872. The van der Waals surface area contributed by atoms with Crippen molar-refractivity contribution < 1.29 is 9.21 Å². The number of aromatic nitrogens is 2. The van der Waals surface area contributed by atoms with E-state index in [4.69, 9.17) is 16.0 Å². The zero-order valence-corrected chi connectivity index (χ0v) is 15.4. The molecule has 1 N–H and O–H groups in total. The van der Waals surface area contributed by atoms with Gasteiger partial charge < -0.3 is 9.73 Å². The fourth-order valence-electron chi connectivity index (χ4n) is 1.88. The normalized spacial score (nSPS) is 10.6. The van der Waals surface area contributed by atoms with Gasteiger partial charge in [0.05, 0.1) is 16.5 Å². The highest BCUT2D eigenvalue weighted by Crippen LogP contribution is 2.26. The van der Waals surface area contributed by atoms with Gasteiger partial charge in [-0.05, 0) is 30.3 Å². The molecule has 2 aromatic carbocycles. The van der Waals surface area contributed by atoms with E-state index in [1.165, 1.54) is 11.8 Å². The van der Waals surface area contributed by atoms with Crippen LogP contribution >= 0.6 is 39.3 Å². The molecule has 0 spiro atoms. The van der Waals surface area contributed by atoms with Crippen LogP contribution in [0.2, 0.25) is 5.02 Å². The fourth-order valence-corrected chi connectivity index (χ4v) is 3.03. The second-order valence-electron chi connectivity index (χ2n) is 4.70. The van der Waals surface area contributed by atoms with Crippen molar-refractivity contribution in [2.45, 2.75) is 5.22 Å². The number of nitrogens with zero attached hydrogens (tertiary/aromatic N) is 2. The highest BCUT2D eigenvalue weighted by Gasteiger charge is 2.12. The molecule has 3 aromatic rings. The first-order valence-electron chi connectivity index (χ1n) is 6.88. The third kappa shape index (κ3) is 4.37. The molecular formula is C16H11BrClN3O2S. The van der Waals surface area contributed by atoms with Gasteiger partial charge in [0.15, 0.2) is 0 Å². The number of amides is 1. The minimum Gasteiger partial charge on any atom is -0.411 e. The Labute approximate surface area is 155 Å². The Kier molecular flexibility index (Phi) is 5.55. The maximum absolute atomic E-state index is 12.0. The molecule has 5 nitrogen and oxygen atoms in total. The lowest BCUT2D eigenvalue weighted by Gasteiger charge is -2.05. The van der Waals surface area contributed by atoms with E-state index in [1.54, 1.807) is 24.3 Å². The second-order valence-corrected chi connectivity index (χ2v) is 6.95. The number of nitrogens with one attached hydrogen (secondary N) is 1. The van der Waals surface area contributed by atoms with Crippen LogP contribution in [0.3, 0.4) is 0 Å². The summed E-state index contributed by atoms with van der Waals surface area (Å²) in [7, 11) is 0. The lowest BCUT2D eigenvalue weighted by molar-refractivity contribution is -0.113. The first kappa shape index (κ1) is 17.0. The average Bonchev–Trinajstić information content (AvgIpc) is 3.04. The molecule has 24 heavy (non-hydrogen) atoms. The summed E-state index contributed by atoms with van der Waals surface area (Å²) in [4.78, 5) is 12.0. The fraction of sp³-hybridized carbons (Fsp3) is 0.0625.